The van der Waals surface area contributed by atoms with Crippen molar-refractivity contribution in [2.24, 2.45) is 5.92 Å². The van der Waals surface area contributed by atoms with Crippen molar-refractivity contribution in [3.63, 3.8) is 0 Å². The van der Waals surface area contributed by atoms with Crippen molar-refractivity contribution in [3.8, 4) is 6.07 Å². The summed E-state index contributed by atoms with van der Waals surface area (Å²) in [5, 5.41) is 9.09. The molecular formula is C25H39N5O. The first kappa shape index (κ1) is 24.9. The number of likely N-dealkylation sites (tertiary alicyclic amines) is 1. The van der Waals surface area contributed by atoms with Crippen LogP contribution in [0.4, 0.5) is 0 Å². The first-order chi connectivity index (χ1) is 15.1. The molecule has 2 heterocycles. The molecule has 0 spiro atoms. The van der Waals surface area contributed by atoms with Crippen LogP contribution < -0.4 is 0 Å². The summed E-state index contributed by atoms with van der Waals surface area (Å²) >= 11 is 0. The Kier molecular flexibility index (Phi) is 11.1. The number of nitriles is 1. The molecule has 1 saturated heterocycles. The van der Waals surface area contributed by atoms with E-state index in [1.54, 1.807) is 12.5 Å². The average Bonchev–Trinajstić information content (AvgIpc) is 3.42. The van der Waals surface area contributed by atoms with Crippen molar-refractivity contribution in [3.05, 3.63) is 42.0 Å². The van der Waals surface area contributed by atoms with Crippen LogP contribution in [-0.2, 0) is 17.8 Å². The summed E-state index contributed by atoms with van der Waals surface area (Å²) in [4.78, 5) is 21.8. The Morgan fingerprint density at radius 2 is 2.16 bits per heavy atom. The van der Waals surface area contributed by atoms with Gasteiger partial charge in [-0.15, -0.1) is 0 Å². The van der Waals surface area contributed by atoms with Gasteiger partial charge in [0, 0.05) is 50.2 Å². The molecule has 1 amide bonds. The predicted octanol–water partition coefficient (Wildman–Crippen LogP) is 4.20. The minimum Gasteiger partial charge on any atom is -0.341 e. The molecule has 1 unspecified atom stereocenters. The van der Waals surface area contributed by atoms with E-state index in [0.717, 1.165) is 63.6 Å². The van der Waals surface area contributed by atoms with Crippen LogP contribution in [0.15, 0.2) is 36.3 Å². The van der Waals surface area contributed by atoms with E-state index < -0.39 is 0 Å². The van der Waals surface area contributed by atoms with Gasteiger partial charge in [0.2, 0.25) is 5.91 Å². The lowest BCUT2D eigenvalue weighted by Crippen LogP contribution is -2.39. The van der Waals surface area contributed by atoms with Gasteiger partial charge in [0.05, 0.1) is 18.8 Å². The van der Waals surface area contributed by atoms with E-state index in [9.17, 15) is 4.79 Å². The van der Waals surface area contributed by atoms with Crippen molar-refractivity contribution in [2.45, 2.75) is 65.8 Å². The van der Waals surface area contributed by atoms with E-state index in [0.29, 0.717) is 12.0 Å². The number of aryl methyl sites for hydroxylation is 1. The van der Waals surface area contributed by atoms with Crippen LogP contribution in [0.3, 0.4) is 0 Å². The van der Waals surface area contributed by atoms with Crippen molar-refractivity contribution >= 4 is 5.91 Å². The summed E-state index contributed by atoms with van der Waals surface area (Å²) in [6, 6.07) is 2.20. The number of rotatable bonds is 13. The first-order valence-corrected chi connectivity index (χ1v) is 11.9. The molecule has 1 aromatic rings. The van der Waals surface area contributed by atoms with E-state index in [-0.39, 0.29) is 5.91 Å². The Morgan fingerprint density at radius 1 is 1.32 bits per heavy atom. The van der Waals surface area contributed by atoms with Gasteiger partial charge in [-0.1, -0.05) is 39.3 Å². The number of imidazole rings is 1. The van der Waals surface area contributed by atoms with Gasteiger partial charge < -0.3 is 14.4 Å². The highest BCUT2D eigenvalue weighted by atomic mass is 16.2. The molecule has 6 nitrogen and oxygen atoms in total. The van der Waals surface area contributed by atoms with Gasteiger partial charge in [-0.25, -0.2) is 4.98 Å². The predicted molar refractivity (Wildman–Crippen MR) is 125 cm³/mol. The van der Waals surface area contributed by atoms with Crippen molar-refractivity contribution < 1.29 is 4.79 Å². The molecule has 31 heavy (non-hydrogen) atoms. The van der Waals surface area contributed by atoms with Crippen molar-refractivity contribution in [1.29, 1.82) is 5.26 Å². The van der Waals surface area contributed by atoms with Crippen molar-refractivity contribution in [2.75, 3.05) is 32.7 Å². The first-order valence-electron chi connectivity index (χ1n) is 11.9. The Bertz CT molecular complexity index is 773. The summed E-state index contributed by atoms with van der Waals surface area (Å²) in [6.07, 6.45) is 15.0. The van der Waals surface area contributed by atoms with Gasteiger partial charge in [0.25, 0.3) is 0 Å². The molecule has 1 fully saturated rings. The lowest BCUT2D eigenvalue weighted by Gasteiger charge is -2.25. The van der Waals surface area contributed by atoms with Gasteiger partial charge in [-0.3, -0.25) is 4.79 Å². The van der Waals surface area contributed by atoms with Gasteiger partial charge in [0.15, 0.2) is 0 Å². The van der Waals surface area contributed by atoms with Gasteiger partial charge >= 0.3 is 0 Å². The maximum atomic E-state index is 13.0. The van der Waals surface area contributed by atoms with Crippen LogP contribution in [0, 0.1) is 17.2 Å². The average molecular weight is 426 g/mol. The maximum absolute atomic E-state index is 13.0. The Balaban J connectivity index is 1.87. The molecule has 170 valence electrons. The highest BCUT2D eigenvalue weighted by molar-refractivity contribution is 5.78. The monoisotopic (exact) mass is 425 g/mol. The highest BCUT2D eigenvalue weighted by Crippen LogP contribution is 2.18. The fourth-order valence-electron chi connectivity index (χ4n) is 4.10. The molecular weight excluding hydrogens is 386 g/mol. The Labute approximate surface area is 188 Å². The topological polar surface area (TPSA) is 65.2 Å². The molecule has 1 aromatic heterocycles. The maximum Gasteiger partial charge on any atom is 0.228 e. The number of nitrogens with zero attached hydrogens (tertiary/aromatic N) is 5. The number of allylic oxidation sites excluding steroid dienone is 4. The molecule has 1 aliphatic heterocycles. The second-order valence-electron chi connectivity index (χ2n) is 8.37. The number of amides is 1. The van der Waals surface area contributed by atoms with Gasteiger partial charge in [0.1, 0.15) is 0 Å². The number of carbonyl (C=O) groups excluding carboxylic acids is 1. The lowest BCUT2D eigenvalue weighted by molar-refractivity contribution is -0.130. The standard InChI is InChI=1S/C25H39N5O/c1-4-9-23(18-26)10-7-8-13-30-21-27-19-24(30)17-25(31)29(12-5-2)16-15-28-14-11-22(6-3)20-28/h7,9-10,19,21-22H,4-6,8,11-17,20H2,1-3H3/b10-7-,23-9+. The molecule has 6 heteroatoms. The van der Waals surface area contributed by atoms with E-state index in [2.05, 4.69) is 29.8 Å². The van der Waals surface area contributed by atoms with Crippen LogP contribution in [0.1, 0.15) is 58.6 Å². The smallest absolute Gasteiger partial charge is 0.228 e. The second-order valence-corrected chi connectivity index (χ2v) is 8.37. The van der Waals surface area contributed by atoms with Crippen LogP contribution in [0.25, 0.3) is 0 Å². The number of hydrogen-bond donors (Lipinski definition) is 0. The summed E-state index contributed by atoms with van der Waals surface area (Å²) in [7, 11) is 0. The van der Waals surface area contributed by atoms with E-state index in [1.807, 2.05) is 34.6 Å². The Morgan fingerprint density at radius 3 is 2.84 bits per heavy atom. The largest absolute Gasteiger partial charge is 0.341 e. The minimum absolute atomic E-state index is 0.183. The number of aromatic nitrogens is 2. The zero-order chi connectivity index (χ0) is 22.5. The van der Waals surface area contributed by atoms with Gasteiger partial charge in [-0.2, -0.15) is 5.26 Å². The number of carbonyl (C=O) groups is 1. The second kappa shape index (κ2) is 13.8. The molecule has 1 aliphatic rings. The molecule has 0 saturated carbocycles. The van der Waals surface area contributed by atoms with Crippen LogP contribution in [0.2, 0.25) is 0 Å². The third-order valence-electron chi connectivity index (χ3n) is 6.00. The highest BCUT2D eigenvalue weighted by Gasteiger charge is 2.22. The normalized spacial score (nSPS) is 17.4. The third kappa shape index (κ3) is 8.34. The van der Waals surface area contributed by atoms with E-state index in [1.165, 1.54) is 19.4 Å². The molecule has 1 atom stereocenters. The summed E-state index contributed by atoms with van der Waals surface area (Å²) < 4.78 is 2.05. The van der Waals surface area contributed by atoms with E-state index >= 15 is 0 Å². The zero-order valence-corrected chi connectivity index (χ0v) is 19.6. The third-order valence-corrected chi connectivity index (χ3v) is 6.00. The molecule has 0 aliphatic carbocycles. The number of hydrogen-bond acceptors (Lipinski definition) is 4. The molecule has 0 N–H and O–H groups in total. The quantitative estimate of drug-likeness (QED) is 0.351. The summed E-state index contributed by atoms with van der Waals surface area (Å²) in [5.74, 6) is 1.00. The fraction of sp³-hybridized carbons (Fsp3) is 0.640. The fourth-order valence-corrected chi connectivity index (χ4v) is 4.10. The van der Waals surface area contributed by atoms with Gasteiger partial charge in [-0.05, 0) is 44.2 Å². The molecule has 0 radical (unpaired) electrons. The van der Waals surface area contributed by atoms with Crippen LogP contribution in [-0.4, -0.2) is 58.0 Å². The minimum atomic E-state index is 0.183. The van der Waals surface area contributed by atoms with E-state index in [4.69, 9.17) is 5.26 Å². The zero-order valence-electron chi connectivity index (χ0n) is 19.6. The lowest BCUT2D eigenvalue weighted by atomic mass is 10.1. The van der Waals surface area contributed by atoms with Crippen LogP contribution >= 0.6 is 0 Å². The Hall–Kier alpha value is -2.39. The SMILES string of the molecule is CC/C=C(C#N)\C=C/CCn1cncc1CC(=O)N(CCC)CCN1CCC(CC)C1. The molecule has 0 bridgehead atoms. The van der Waals surface area contributed by atoms with Crippen LogP contribution in [0.5, 0.6) is 0 Å². The van der Waals surface area contributed by atoms with Crippen molar-refractivity contribution in [1.82, 2.24) is 19.4 Å². The summed E-state index contributed by atoms with van der Waals surface area (Å²) in [5.41, 5.74) is 1.65. The molecule has 2 rings (SSSR count). The molecule has 0 aromatic carbocycles. The summed E-state index contributed by atoms with van der Waals surface area (Å²) in [6.45, 7) is 12.1.